The van der Waals surface area contributed by atoms with Crippen molar-refractivity contribution in [3.63, 3.8) is 0 Å². The molecule has 1 atom stereocenters. The maximum absolute atomic E-state index is 13.8. The first-order chi connectivity index (χ1) is 15.6. The van der Waals surface area contributed by atoms with Gasteiger partial charge in [-0.2, -0.15) is 0 Å². The number of carbonyl (C=O) groups excluding carboxylic acids is 1. The normalized spacial score (nSPS) is 15.1. The summed E-state index contributed by atoms with van der Waals surface area (Å²) in [6.07, 6.45) is 1.38. The van der Waals surface area contributed by atoms with Gasteiger partial charge >= 0.3 is 5.97 Å². The van der Waals surface area contributed by atoms with Crippen LogP contribution in [0.5, 0.6) is 5.75 Å². The van der Waals surface area contributed by atoms with Gasteiger partial charge in [0, 0.05) is 5.92 Å². The SMILES string of the molecule is CONC(=O)C(c1ccccc1)(c1ccccc1)C1CCc2c(OCC(=O)O)cccc21. The number of benzene rings is 3. The van der Waals surface area contributed by atoms with Gasteiger partial charge in [-0.05, 0) is 41.2 Å². The number of aliphatic carboxylic acids is 1. The van der Waals surface area contributed by atoms with Crippen molar-refractivity contribution < 1.29 is 24.3 Å². The standard InChI is InChI=1S/C26H25NO5/c1-31-27-25(30)26(18-9-4-2-5-10-18,19-11-6-3-7-12-19)22-16-15-21-20(22)13-8-14-23(21)32-17-24(28)29/h2-14,22H,15-17H2,1H3,(H,27,30)(H,28,29). The number of rotatable bonds is 8. The number of carboxylic acid groups (broad SMARTS) is 1. The molecule has 1 unspecified atom stereocenters. The Morgan fingerprint density at radius 3 is 2.16 bits per heavy atom. The van der Waals surface area contributed by atoms with Crippen LogP contribution in [0.1, 0.15) is 34.6 Å². The van der Waals surface area contributed by atoms with E-state index in [9.17, 15) is 9.59 Å². The number of carboxylic acids is 1. The number of nitrogens with one attached hydrogen (secondary N) is 1. The summed E-state index contributed by atoms with van der Waals surface area (Å²) in [5, 5.41) is 9.04. The van der Waals surface area contributed by atoms with Gasteiger partial charge < -0.3 is 9.84 Å². The van der Waals surface area contributed by atoms with Crippen LogP contribution in [0.4, 0.5) is 0 Å². The predicted molar refractivity (Wildman–Crippen MR) is 119 cm³/mol. The van der Waals surface area contributed by atoms with E-state index in [1.165, 1.54) is 7.11 Å². The van der Waals surface area contributed by atoms with Gasteiger partial charge in [0.15, 0.2) is 6.61 Å². The van der Waals surface area contributed by atoms with Crippen LogP contribution in [0.2, 0.25) is 0 Å². The Kier molecular flexibility index (Phi) is 6.23. The second-order valence-electron chi connectivity index (χ2n) is 7.77. The number of hydrogen-bond acceptors (Lipinski definition) is 4. The van der Waals surface area contributed by atoms with Gasteiger partial charge in [0.25, 0.3) is 5.91 Å². The lowest BCUT2D eigenvalue weighted by molar-refractivity contribution is -0.139. The fourth-order valence-electron chi connectivity index (χ4n) is 4.91. The molecular weight excluding hydrogens is 406 g/mol. The van der Waals surface area contributed by atoms with Gasteiger partial charge in [-0.1, -0.05) is 72.8 Å². The van der Waals surface area contributed by atoms with E-state index in [0.717, 1.165) is 22.3 Å². The minimum absolute atomic E-state index is 0.203. The van der Waals surface area contributed by atoms with Crippen LogP contribution in [0.3, 0.4) is 0 Å². The summed E-state index contributed by atoms with van der Waals surface area (Å²) in [6.45, 7) is -0.409. The van der Waals surface area contributed by atoms with Crippen molar-refractivity contribution in [2.45, 2.75) is 24.2 Å². The van der Waals surface area contributed by atoms with Crippen LogP contribution < -0.4 is 10.2 Å². The zero-order chi connectivity index (χ0) is 22.6. The van der Waals surface area contributed by atoms with Crippen LogP contribution in [0, 0.1) is 0 Å². The maximum Gasteiger partial charge on any atom is 0.341 e. The second-order valence-corrected chi connectivity index (χ2v) is 7.77. The number of carbonyl (C=O) groups is 2. The molecule has 32 heavy (non-hydrogen) atoms. The fourth-order valence-corrected chi connectivity index (χ4v) is 4.91. The highest BCUT2D eigenvalue weighted by atomic mass is 16.6. The first kappa shape index (κ1) is 21.6. The molecule has 0 spiro atoms. The van der Waals surface area contributed by atoms with Crippen molar-refractivity contribution in [2.24, 2.45) is 0 Å². The first-order valence-electron chi connectivity index (χ1n) is 10.5. The Morgan fingerprint density at radius 2 is 1.59 bits per heavy atom. The molecular formula is C26H25NO5. The summed E-state index contributed by atoms with van der Waals surface area (Å²) in [4.78, 5) is 30.0. The molecule has 164 valence electrons. The Hall–Kier alpha value is -3.64. The number of fused-ring (bicyclic) bond motifs is 1. The molecule has 0 saturated carbocycles. The highest BCUT2D eigenvalue weighted by Crippen LogP contribution is 2.52. The number of hydroxylamine groups is 1. The van der Waals surface area contributed by atoms with Gasteiger partial charge in [-0.3, -0.25) is 9.63 Å². The minimum Gasteiger partial charge on any atom is -0.482 e. The van der Waals surface area contributed by atoms with E-state index in [2.05, 4.69) is 5.48 Å². The van der Waals surface area contributed by atoms with Crippen LogP contribution in [-0.2, 0) is 26.3 Å². The molecule has 1 amide bonds. The summed E-state index contributed by atoms with van der Waals surface area (Å²) in [6, 6.07) is 25.0. The molecule has 0 aromatic heterocycles. The van der Waals surface area contributed by atoms with Crippen LogP contribution in [0.15, 0.2) is 78.9 Å². The number of ether oxygens (including phenoxy) is 1. The minimum atomic E-state index is -1.05. The Labute approximate surface area is 186 Å². The third-order valence-electron chi connectivity index (χ3n) is 6.11. The third-order valence-corrected chi connectivity index (χ3v) is 6.11. The summed E-state index contributed by atoms with van der Waals surface area (Å²) < 4.78 is 5.57. The monoisotopic (exact) mass is 431 g/mol. The van der Waals surface area contributed by atoms with E-state index in [4.69, 9.17) is 14.7 Å². The predicted octanol–water partition coefficient (Wildman–Crippen LogP) is 3.84. The summed E-state index contributed by atoms with van der Waals surface area (Å²) in [7, 11) is 1.43. The van der Waals surface area contributed by atoms with Crippen molar-refractivity contribution in [2.75, 3.05) is 13.7 Å². The molecule has 6 nitrogen and oxygen atoms in total. The van der Waals surface area contributed by atoms with Crippen molar-refractivity contribution in [3.8, 4) is 5.75 Å². The highest BCUT2D eigenvalue weighted by molar-refractivity contribution is 5.93. The average Bonchev–Trinajstić information content (AvgIpc) is 3.25. The molecule has 1 aliphatic carbocycles. The second kappa shape index (κ2) is 9.24. The molecule has 6 heteroatoms. The topological polar surface area (TPSA) is 84.9 Å². The lowest BCUT2D eigenvalue weighted by Crippen LogP contribution is -2.48. The molecule has 0 bridgehead atoms. The Balaban J connectivity index is 1.93. The first-order valence-corrected chi connectivity index (χ1v) is 10.5. The molecule has 3 aromatic rings. The van der Waals surface area contributed by atoms with E-state index < -0.39 is 18.0 Å². The zero-order valence-corrected chi connectivity index (χ0v) is 17.8. The van der Waals surface area contributed by atoms with Gasteiger partial charge in [0.2, 0.25) is 0 Å². The summed E-state index contributed by atoms with van der Waals surface area (Å²) >= 11 is 0. The fraction of sp³-hybridized carbons (Fsp3) is 0.231. The van der Waals surface area contributed by atoms with Gasteiger partial charge in [-0.25, -0.2) is 10.3 Å². The molecule has 1 aliphatic rings. The molecule has 0 aliphatic heterocycles. The smallest absolute Gasteiger partial charge is 0.341 e. The summed E-state index contributed by atoms with van der Waals surface area (Å²) in [5.41, 5.74) is 5.19. The maximum atomic E-state index is 13.8. The van der Waals surface area contributed by atoms with E-state index in [-0.39, 0.29) is 11.8 Å². The van der Waals surface area contributed by atoms with Crippen LogP contribution >= 0.6 is 0 Å². The van der Waals surface area contributed by atoms with Gasteiger partial charge in [-0.15, -0.1) is 0 Å². The third kappa shape index (κ3) is 3.74. The Morgan fingerprint density at radius 1 is 0.969 bits per heavy atom. The van der Waals surface area contributed by atoms with Crippen LogP contribution in [0.25, 0.3) is 0 Å². The van der Waals surface area contributed by atoms with Gasteiger partial charge in [0.05, 0.1) is 7.11 Å². The Bertz CT molecular complexity index is 1060. The molecule has 0 fully saturated rings. The zero-order valence-electron chi connectivity index (χ0n) is 17.8. The van der Waals surface area contributed by atoms with Crippen molar-refractivity contribution in [3.05, 3.63) is 101 Å². The van der Waals surface area contributed by atoms with Crippen molar-refractivity contribution in [1.82, 2.24) is 5.48 Å². The molecule has 3 aromatic carbocycles. The summed E-state index contributed by atoms with van der Waals surface area (Å²) in [5.74, 6) is -0.938. The molecule has 2 N–H and O–H groups in total. The number of amides is 1. The largest absolute Gasteiger partial charge is 0.482 e. The molecule has 4 rings (SSSR count). The lowest BCUT2D eigenvalue weighted by atomic mass is 9.63. The van der Waals surface area contributed by atoms with E-state index in [1.807, 2.05) is 72.8 Å². The lowest BCUT2D eigenvalue weighted by Gasteiger charge is -2.39. The quantitative estimate of drug-likeness (QED) is 0.530. The van der Waals surface area contributed by atoms with Crippen molar-refractivity contribution >= 4 is 11.9 Å². The van der Waals surface area contributed by atoms with E-state index in [1.54, 1.807) is 6.07 Å². The van der Waals surface area contributed by atoms with Gasteiger partial charge in [0.1, 0.15) is 11.2 Å². The molecule has 0 saturated heterocycles. The highest BCUT2D eigenvalue weighted by Gasteiger charge is 2.51. The van der Waals surface area contributed by atoms with Crippen molar-refractivity contribution in [1.29, 1.82) is 0 Å². The van der Waals surface area contributed by atoms with E-state index >= 15 is 0 Å². The van der Waals surface area contributed by atoms with E-state index in [0.29, 0.717) is 18.6 Å². The van der Waals surface area contributed by atoms with Crippen LogP contribution in [-0.4, -0.2) is 30.7 Å². The molecule has 0 radical (unpaired) electrons. The molecule has 0 heterocycles. The average molecular weight is 431 g/mol. The number of hydrogen-bond donors (Lipinski definition) is 2.